The van der Waals surface area contributed by atoms with Crippen LogP contribution in [0.15, 0.2) is 11.0 Å². The van der Waals surface area contributed by atoms with Crippen LogP contribution in [0.25, 0.3) is 0 Å². The Balaban J connectivity index is 0.00000149. The van der Waals surface area contributed by atoms with Crippen LogP contribution in [0.4, 0.5) is 18.9 Å². The Hall–Kier alpha value is -1.14. The summed E-state index contributed by atoms with van der Waals surface area (Å²) in [6.45, 7) is 7.40. The number of amides is 2. The van der Waals surface area contributed by atoms with Gasteiger partial charge in [0.05, 0.1) is 39.9 Å². The molecule has 3 heterocycles. The topological polar surface area (TPSA) is 70.7 Å². The largest absolute Gasteiger partial charge is 0.417 e. The highest BCUT2D eigenvalue weighted by atomic mass is 35.5. The minimum absolute atomic E-state index is 0.0156. The quantitative estimate of drug-likeness (QED) is 0.529. The van der Waals surface area contributed by atoms with E-state index < -0.39 is 32.9 Å². The number of carbonyl (C=O) groups excluding carboxylic acids is 2. The van der Waals surface area contributed by atoms with Crippen LogP contribution in [0.1, 0.15) is 42.6 Å². The van der Waals surface area contributed by atoms with Gasteiger partial charge in [0, 0.05) is 16.4 Å². The van der Waals surface area contributed by atoms with Crippen molar-refractivity contribution in [2.24, 2.45) is 5.41 Å². The van der Waals surface area contributed by atoms with E-state index >= 15 is 0 Å². The maximum atomic E-state index is 13.5. The van der Waals surface area contributed by atoms with Gasteiger partial charge in [0.25, 0.3) is 5.91 Å². The van der Waals surface area contributed by atoms with Crippen LogP contribution in [-0.4, -0.2) is 60.7 Å². The van der Waals surface area contributed by atoms with Crippen molar-refractivity contribution in [1.29, 1.82) is 0 Å². The number of hydrogen-bond donors (Lipinski definition) is 2. The summed E-state index contributed by atoms with van der Waals surface area (Å²) >= 11 is 7.26. The van der Waals surface area contributed by atoms with Crippen molar-refractivity contribution >= 4 is 51.6 Å². The van der Waals surface area contributed by atoms with Gasteiger partial charge in [-0.15, -0.1) is 22.0 Å². The number of halogens is 4. The van der Waals surface area contributed by atoms with Crippen LogP contribution >= 0.6 is 33.6 Å². The number of piperidine rings is 1. The lowest BCUT2D eigenvalue weighted by atomic mass is 9.77. The third-order valence-electron chi connectivity index (χ3n) is 5.98. The molecule has 2 fully saturated rings. The number of alkyl halides is 3. The zero-order valence-electron chi connectivity index (χ0n) is 18.8. The van der Waals surface area contributed by atoms with Gasteiger partial charge >= 0.3 is 6.18 Å². The SMILES string of the molecule is CC.CS1(CN2CCC3(CC2)COC3)CSc2c(Cl)c(C(F)(F)F)cc(c2NC=O)C(=O)N1. The molecular weight excluding hydrogens is 499 g/mol. The zero-order chi connectivity index (χ0) is 24.4. The molecule has 33 heavy (non-hydrogen) atoms. The fourth-order valence-electron chi connectivity index (χ4n) is 4.16. The van der Waals surface area contributed by atoms with Gasteiger partial charge in [0.15, 0.2) is 0 Å². The number of nitrogens with zero attached hydrogens (tertiary/aromatic N) is 1. The summed E-state index contributed by atoms with van der Waals surface area (Å²) in [4.78, 5) is 26.5. The molecule has 1 aromatic rings. The smallest absolute Gasteiger partial charge is 0.380 e. The van der Waals surface area contributed by atoms with E-state index in [1.165, 1.54) is 0 Å². The number of nitrogens with one attached hydrogen (secondary N) is 2. The molecule has 2 bridgehead atoms. The van der Waals surface area contributed by atoms with E-state index in [1.807, 2.05) is 20.1 Å². The summed E-state index contributed by atoms with van der Waals surface area (Å²) in [7, 11) is -1.73. The minimum Gasteiger partial charge on any atom is -0.380 e. The van der Waals surface area contributed by atoms with E-state index in [0.717, 1.165) is 57.0 Å². The lowest BCUT2D eigenvalue weighted by molar-refractivity contribution is -0.138. The molecule has 6 nitrogen and oxygen atoms in total. The number of rotatable bonds is 4. The number of likely N-dealkylation sites (tertiary alicyclic amines) is 1. The molecule has 2 saturated heterocycles. The van der Waals surface area contributed by atoms with Crippen molar-refractivity contribution in [1.82, 2.24) is 9.62 Å². The molecule has 3 aliphatic heterocycles. The molecule has 0 aromatic heterocycles. The van der Waals surface area contributed by atoms with E-state index in [4.69, 9.17) is 16.3 Å². The molecule has 186 valence electrons. The minimum atomic E-state index is -4.72. The standard InChI is InChI=1S/C19H23ClF3N3O3S2.C2H6/c1-31(10-26-4-2-18(3-5-26)7-29-8-18)11-30-16-14(20)13(19(21,22)23)6-12(17(28)25-31)15(16)24-9-27;1-2/h6,9H,2-5,7-8,10-11H2,1H3,(H,24,27)(H,25,28);1-2H3. The Bertz CT molecular complexity index is 905. The molecule has 2 amide bonds. The van der Waals surface area contributed by atoms with Gasteiger partial charge in [-0.05, 0) is 38.3 Å². The van der Waals surface area contributed by atoms with Gasteiger partial charge < -0.3 is 14.8 Å². The molecule has 2 N–H and O–H groups in total. The molecule has 1 aromatic carbocycles. The first-order valence-electron chi connectivity index (χ1n) is 10.7. The maximum absolute atomic E-state index is 13.5. The van der Waals surface area contributed by atoms with Crippen molar-refractivity contribution in [2.45, 2.75) is 37.8 Å². The first kappa shape index (κ1) is 26.5. The second-order valence-corrected chi connectivity index (χ2v) is 13.5. The summed E-state index contributed by atoms with van der Waals surface area (Å²) in [5.74, 6) is 0.0130. The molecule has 4 rings (SSSR count). The predicted octanol–water partition coefficient (Wildman–Crippen LogP) is 5.17. The normalized spacial score (nSPS) is 26.5. The average Bonchev–Trinajstić information content (AvgIpc) is 2.73. The molecule has 1 spiro atoms. The molecule has 1 atom stereocenters. The van der Waals surface area contributed by atoms with E-state index in [1.54, 1.807) is 0 Å². The first-order chi connectivity index (χ1) is 15.6. The van der Waals surface area contributed by atoms with Crippen LogP contribution in [-0.2, 0) is 15.7 Å². The Kier molecular flexibility index (Phi) is 8.20. The van der Waals surface area contributed by atoms with Crippen LogP contribution in [0.5, 0.6) is 0 Å². The highest BCUT2D eigenvalue weighted by Gasteiger charge is 2.43. The third-order valence-corrected chi connectivity index (χ3v) is 11.3. The number of fused-ring (bicyclic) bond motifs is 2. The van der Waals surface area contributed by atoms with E-state index in [0.29, 0.717) is 22.8 Å². The Morgan fingerprint density at radius 2 is 1.97 bits per heavy atom. The van der Waals surface area contributed by atoms with Crippen LogP contribution in [0.3, 0.4) is 0 Å². The number of hydrogen-bond acceptors (Lipinski definition) is 5. The monoisotopic (exact) mass is 527 g/mol. The van der Waals surface area contributed by atoms with Gasteiger partial charge in [-0.1, -0.05) is 25.4 Å². The van der Waals surface area contributed by atoms with E-state index in [-0.39, 0.29) is 16.1 Å². The number of ether oxygens (including phenoxy) is 1. The fraction of sp³-hybridized carbons (Fsp3) is 0.619. The number of carbonyl (C=O) groups is 2. The van der Waals surface area contributed by atoms with E-state index in [2.05, 4.69) is 14.9 Å². The molecule has 1 unspecified atom stereocenters. The Morgan fingerprint density at radius 3 is 2.48 bits per heavy atom. The summed E-state index contributed by atoms with van der Waals surface area (Å²) in [5, 5.41) is 2.26. The van der Waals surface area contributed by atoms with Crippen LogP contribution < -0.4 is 10.0 Å². The van der Waals surface area contributed by atoms with Crippen molar-refractivity contribution in [3.63, 3.8) is 0 Å². The van der Waals surface area contributed by atoms with Crippen molar-refractivity contribution < 1.29 is 27.5 Å². The van der Waals surface area contributed by atoms with Crippen molar-refractivity contribution in [3.05, 3.63) is 22.2 Å². The number of anilines is 1. The van der Waals surface area contributed by atoms with Gasteiger partial charge in [-0.25, -0.2) is 0 Å². The second-order valence-electron chi connectivity index (χ2n) is 8.46. The molecule has 0 saturated carbocycles. The number of thioether (sulfide) groups is 1. The first-order valence-corrected chi connectivity index (χ1v) is 14.4. The maximum Gasteiger partial charge on any atom is 0.417 e. The third kappa shape index (κ3) is 5.58. The van der Waals surface area contributed by atoms with Crippen LogP contribution in [0.2, 0.25) is 5.02 Å². The van der Waals surface area contributed by atoms with Gasteiger partial charge in [-0.2, -0.15) is 13.2 Å². The highest BCUT2D eigenvalue weighted by Crippen LogP contribution is 2.53. The molecule has 0 radical (unpaired) electrons. The Labute approximate surface area is 202 Å². The second kappa shape index (κ2) is 10.2. The zero-order valence-corrected chi connectivity index (χ0v) is 21.2. The average molecular weight is 528 g/mol. The van der Waals surface area contributed by atoms with Crippen molar-refractivity contribution in [2.75, 3.05) is 48.8 Å². The Morgan fingerprint density at radius 1 is 1.33 bits per heavy atom. The summed E-state index contributed by atoms with van der Waals surface area (Å²) in [5.41, 5.74) is -1.00. The fourth-order valence-corrected chi connectivity index (χ4v) is 8.86. The predicted molar refractivity (Wildman–Crippen MR) is 128 cm³/mol. The van der Waals surface area contributed by atoms with Gasteiger partial charge in [-0.3, -0.25) is 14.5 Å². The lowest BCUT2D eigenvalue weighted by Gasteiger charge is -2.50. The molecule has 3 aliphatic rings. The van der Waals surface area contributed by atoms with E-state index in [9.17, 15) is 22.8 Å². The van der Waals surface area contributed by atoms with Crippen LogP contribution in [0, 0.1) is 5.41 Å². The highest BCUT2D eigenvalue weighted by molar-refractivity contribution is 8.38. The lowest BCUT2D eigenvalue weighted by Crippen LogP contribution is -2.52. The van der Waals surface area contributed by atoms with Gasteiger partial charge in [0.2, 0.25) is 6.41 Å². The molecular formula is C21H29ClF3N3O3S2. The molecule has 0 aliphatic carbocycles. The summed E-state index contributed by atoms with van der Waals surface area (Å²) in [6, 6.07) is 0.722. The molecule has 12 heteroatoms. The summed E-state index contributed by atoms with van der Waals surface area (Å²) in [6.07, 6.45) is -0.341. The number of benzene rings is 1. The summed E-state index contributed by atoms with van der Waals surface area (Å²) < 4.78 is 48.8. The van der Waals surface area contributed by atoms with Crippen molar-refractivity contribution in [3.8, 4) is 0 Å². The van der Waals surface area contributed by atoms with Gasteiger partial charge in [0.1, 0.15) is 0 Å².